The fraction of sp³-hybridized carbons (Fsp3) is 0. The molecule has 7 aromatic carbocycles. The van der Waals surface area contributed by atoms with Crippen molar-refractivity contribution in [2.45, 2.75) is 0 Å². The van der Waals surface area contributed by atoms with E-state index in [1.54, 1.807) is 0 Å². The van der Waals surface area contributed by atoms with Gasteiger partial charge in [0.05, 0.1) is 16.6 Å². The highest BCUT2D eigenvalue weighted by molar-refractivity contribution is 7.26. The van der Waals surface area contributed by atoms with Gasteiger partial charge < -0.3 is 4.90 Å². The summed E-state index contributed by atoms with van der Waals surface area (Å²) < 4.78 is 2.50. The molecule has 0 spiro atoms. The topological polar surface area (TPSA) is 16.1 Å². The Morgan fingerprint density at radius 1 is 0.438 bits per heavy atom. The van der Waals surface area contributed by atoms with Crippen molar-refractivity contribution in [1.82, 2.24) is 4.98 Å². The molecule has 48 heavy (non-hydrogen) atoms. The maximum absolute atomic E-state index is 4.81. The minimum absolute atomic E-state index is 1.09. The van der Waals surface area contributed by atoms with E-state index in [2.05, 4.69) is 163 Å². The lowest BCUT2D eigenvalue weighted by molar-refractivity contribution is 1.26. The Bertz CT molecular complexity index is 2650. The molecule has 0 atom stereocenters. The fourth-order valence-corrected chi connectivity index (χ4v) is 8.59. The second-order valence-electron chi connectivity index (χ2n) is 12.4. The molecule has 1 aliphatic rings. The molecule has 2 heterocycles. The van der Waals surface area contributed by atoms with E-state index in [0.29, 0.717) is 0 Å². The average molecular weight is 629 g/mol. The van der Waals surface area contributed by atoms with Gasteiger partial charge in [-0.05, 0) is 85.6 Å². The van der Waals surface area contributed by atoms with Crippen molar-refractivity contribution < 1.29 is 0 Å². The molecular weight excluding hydrogens is 601 g/mol. The van der Waals surface area contributed by atoms with Crippen LogP contribution < -0.4 is 4.90 Å². The van der Waals surface area contributed by atoms with Gasteiger partial charge in [-0.25, -0.2) is 0 Å². The maximum Gasteiger partial charge on any atom is 0.0824 e. The minimum atomic E-state index is 1.09. The largest absolute Gasteiger partial charge is 0.308 e. The minimum Gasteiger partial charge on any atom is -0.308 e. The molecule has 3 heteroatoms. The first-order valence-corrected chi connectivity index (χ1v) is 17.1. The number of hydrogen-bond acceptors (Lipinski definition) is 3. The lowest BCUT2D eigenvalue weighted by Crippen LogP contribution is -2.10. The molecule has 0 amide bonds. The molecule has 0 aliphatic heterocycles. The van der Waals surface area contributed by atoms with Crippen molar-refractivity contribution in [3.8, 4) is 44.5 Å². The van der Waals surface area contributed by atoms with E-state index < -0.39 is 0 Å². The van der Waals surface area contributed by atoms with Crippen LogP contribution in [0.4, 0.5) is 17.1 Å². The first-order chi connectivity index (χ1) is 23.8. The van der Waals surface area contributed by atoms with Crippen molar-refractivity contribution in [2.75, 3.05) is 4.90 Å². The fourth-order valence-electron chi connectivity index (χ4n) is 7.42. The van der Waals surface area contributed by atoms with Crippen LogP contribution in [0.15, 0.2) is 170 Å². The van der Waals surface area contributed by atoms with Crippen LogP contribution >= 0.6 is 11.3 Å². The number of benzene rings is 7. The summed E-state index contributed by atoms with van der Waals surface area (Å²) in [7, 11) is 0. The molecular formula is C45H28N2S. The zero-order valence-corrected chi connectivity index (χ0v) is 26.8. The molecule has 1 aliphatic carbocycles. The van der Waals surface area contributed by atoms with Gasteiger partial charge in [-0.3, -0.25) is 4.98 Å². The Hall–Kier alpha value is -6.03. The Balaban J connectivity index is 1.12. The number of rotatable bonds is 5. The summed E-state index contributed by atoms with van der Waals surface area (Å²) in [5, 5.41) is 5.06. The zero-order chi connectivity index (χ0) is 31.6. The van der Waals surface area contributed by atoms with Crippen molar-refractivity contribution in [1.29, 1.82) is 0 Å². The summed E-state index contributed by atoms with van der Waals surface area (Å²) in [6, 6.07) is 57.2. The van der Waals surface area contributed by atoms with Crippen molar-refractivity contribution in [2.24, 2.45) is 0 Å². The maximum atomic E-state index is 4.81. The number of nitrogens with zero attached hydrogens (tertiary/aromatic N) is 2. The summed E-state index contributed by atoms with van der Waals surface area (Å²) in [5.41, 5.74) is 13.3. The zero-order valence-electron chi connectivity index (χ0n) is 26.0. The van der Waals surface area contributed by atoms with Gasteiger partial charge in [-0.15, -0.1) is 11.3 Å². The van der Waals surface area contributed by atoms with Crippen LogP contribution in [0.3, 0.4) is 0 Å². The number of hydrogen-bond donors (Lipinski definition) is 0. The molecule has 0 radical (unpaired) electrons. The third-order valence-electron chi connectivity index (χ3n) is 9.71. The average Bonchev–Trinajstić information content (AvgIpc) is 3.70. The highest BCUT2D eigenvalue weighted by Crippen LogP contribution is 2.50. The third kappa shape index (κ3) is 4.22. The number of pyridine rings is 1. The van der Waals surface area contributed by atoms with Gasteiger partial charge in [0.2, 0.25) is 0 Å². The van der Waals surface area contributed by atoms with E-state index in [1.165, 1.54) is 75.5 Å². The van der Waals surface area contributed by atoms with Crippen molar-refractivity contribution in [3.05, 3.63) is 170 Å². The third-order valence-corrected chi connectivity index (χ3v) is 10.9. The quantitative estimate of drug-likeness (QED) is 0.188. The predicted molar refractivity (Wildman–Crippen MR) is 205 cm³/mol. The van der Waals surface area contributed by atoms with E-state index in [9.17, 15) is 0 Å². The van der Waals surface area contributed by atoms with E-state index >= 15 is 0 Å². The van der Waals surface area contributed by atoms with Gasteiger partial charge in [0.15, 0.2) is 0 Å². The second kappa shape index (κ2) is 10.8. The van der Waals surface area contributed by atoms with Gasteiger partial charge in [-0.2, -0.15) is 0 Å². The Kier molecular flexibility index (Phi) is 6.08. The molecule has 2 aromatic heterocycles. The molecule has 0 saturated carbocycles. The smallest absolute Gasteiger partial charge is 0.0824 e. The van der Waals surface area contributed by atoms with Crippen LogP contribution in [0.1, 0.15) is 0 Å². The molecule has 10 rings (SSSR count). The lowest BCUT2D eigenvalue weighted by Gasteiger charge is -2.26. The van der Waals surface area contributed by atoms with E-state index in [4.69, 9.17) is 4.98 Å². The van der Waals surface area contributed by atoms with Gasteiger partial charge in [0.1, 0.15) is 0 Å². The lowest BCUT2D eigenvalue weighted by atomic mass is 10.00. The van der Waals surface area contributed by atoms with Crippen molar-refractivity contribution in [3.63, 3.8) is 0 Å². The molecule has 0 N–H and O–H groups in total. The molecule has 2 nitrogen and oxygen atoms in total. The normalized spacial score (nSPS) is 11.8. The summed E-state index contributed by atoms with van der Waals surface area (Å²) in [6.07, 6.45) is 4.04. The molecule has 0 saturated heterocycles. The Morgan fingerprint density at radius 2 is 1.06 bits per heavy atom. The van der Waals surface area contributed by atoms with E-state index in [0.717, 1.165) is 17.1 Å². The molecule has 224 valence electrons. The highest BCUT2D eigenvalue weighted by Gasteiger charge is 2.24. The van der Waals surface area contributed by atoms with Crippen LogP contribution in [0.2, 0.25) is 0 Å². The summed E-state index contributed by atoms with van der Waals surface area (Å²) >= 11 is 1.83. The molecule has 0 unspecified atom stereocenters. The molecule has 0 fully saturated rings. The first-order valence-electron chi connectivity index (χ1n) is 16.3. The van der Waals surface area contributed by atoms with Gasteiger partial charge in [0, 0.05) is 33.0 Å². The second-order valence-corrected chi connectivity index (χ2v) is 13.5. The highest BCUT2D eigenvalue weighted by atomic mass is 32.1. The number of aromatic nitrogens is 1. The van der Waals surface area contributed by atoms with Crippen LogP contribution in [0.5, 0.6) is 0 Å². The van der Waals surface area contributed by atoms with Gasteiger partial charge in [0.25, 0.3) is 0 Å². The molecule has 0 bridgehead atoms. The standard InChI is InChI=1S/C45H28N2S/c1-2-8-29(9-3-1)30-16-18-31(19-17-30)32-20-22-34(23-21-32)47(42-28-46-27-41-37-12-4-5-15-43(37)48-45(41)42)35-24-25-36-38-13-6-10-33-11-7-14-39(44(33)38)40(36)26-35/h1-28H. The number of anilines is 3. The van der Waals surface area contributed by atoms with Crippen LogP contribution in [0.25, 0.3) is 75.5 Å². The Morgan fingerprint density at radius 3 is 1.81 bits per heavy atom. The van der Waals surface area contributed by atoms with Crippen LogP contribution in [-0.2, 0) is 0 Å². The Labute approximate surface area is 282 Å². The summed E-state index contributed by atoms with van der Waals surface area (Å²) in [4.78, 5) is 7.19. The number of fused-ring (bicyclic) bond motifs is 6. The predicted octanol–water partition coefficient (Wildman–Crippen LogP) is 13.1. The SMILES string of the molecule is c1ccc(-c2ccc(-c3ccc(N(c4ccc5c(c4)-c4cccc6cccc-5c46)c4cncc5c4sc4ccccc45)cc3)cc2)cc1. The van der Waals surface area contributed by atoms with Crippen LogP contribution in [-0.4, -0.2) is 4.98 Å². The van der Waals surface area contributed by atoms with Gasteiger partial charge in [-0.1, -0.05) is 127 Å². The summed E-state index contributed by atoms with van der Waals surface area (Å²) in [6.45, 7) is 0. The monoisotopic (exact) mass is 628 g/mol. The number of thiophene rings is 1. The van der Waals surface area contributed by atoms with Gasteiger partial charge >= 0.3 is 0 Å². The van der Waals surface area contributed by atoms with Crippen LogP contribution in [0, 0.1) is 0 Å². The van der Waals surface area contributed by atoms with E-state index in [-0.39, 0.29) is 0 Å². The summed E-state index contributed by atoms with van der Waals surface area (Å²) in [5.74, 6) is 0. The van der Waals surface area contributed by atoms with E-state index in [1.807, 2.05) is 23.7 Å². The van der Waals surface area contributed by atoms with Crippen molar-refractivity contribution >= 4 is 59.3 Å². The first kappa shape index (κ1) is 27.1. The molecule has 9 aromatic rings.